The van der Waals surface area contributed by atoms with Gasteiger partial charge < -0.3 is 9.15 Å². The molecule has 0 spiro atoms. The van der Waals surface area contributed by atoms with Gasteiger partial charge in [0.1, 0.15) is 16.9 Å². The molecule has 0 radical (unpaired) electrons. The Morgan fingerprint density at radius 1 is 1.04 bits per heavy atom. The first-order valence-corrected chi connectivity index (χ1v) is 10.5. The highest BCUT2D eigenvalue weighted by Gasteiger charge is 2.21. The van der Waals surface area contributed by atoms with Crippen LogP contribution in [0.5, 0.6) is 0 Å². The third kappa shape index (κ3) is 3.90. The molecule has 27 heavy (non-hydrogen) atoms. The van der Waals surface area contributed by atoms with E-state index in [0.717, 1.165) is 12.0 Å². The summed E-state index contributed by atoms with van der Waals surface area (Å²) in [7, 11) is -3.49. The maximum absolute atomic E-state index is 12.7. The molecule has 0 aliphatic carbocycles. The van der Waals surface area contributed by atoms with Crippen molar-refractivity contribution in [2.24, 2.45) is 0 Å². The van der Waals surface area contributed by atoms with Crippen LogP contribution in [0.2, 0.25) is 0 Å². The van der Waals surface area contributed by atoms with Gasteiger partial charge in [-0.2, -0.15) is 0 Å². The van der Waals surface area contributed by atoms with E-state index in [0.29, 0.717) is 27.9 Å². The second-order valence-corrected chi connectivity index (χ2v) is 8.33. The van der Waals surface area contributed by atoms with Gasteiger partial charge in [-0.1, -0.05) is 25.1 Å². The number of rotatable bonds is 6. The molecule has 0 unspecified atom stereocenters. The van der Waals surface area contributed by atoms with Crippen LogP contribution in [0.3, 0.4) is 0 Å². The molecule has 0 aliphatic heterocycles. The van der Waals surface area contributed by atoms with Gasteiger partial charge in [0.05, 0.1) is 17.3 Å². The first-order chi connectivity index (χ1) is 12.9. The predicted molar refractivity (Wildman–Crippen MR) is 104 cm³/mol. The second-order valence-electron chi connectivity index (χ2n) is 6.34. The van der Waals surface area contributed by atoms with Gasteiger partial charge in [0, 0.05) is 5.39 Å². The Bertz CT molecular complexity index is 1080. The maximum Gasteiger partial charge on any atom is 0.342 e. The highest BCUT2D eigenvalue weighted by Crippen LogP contribution is 2.28. The summed E-state index contributed by atoms with van der Waals surface area (Å²) in [6.45, 7) is 5.70. The molecular formula is C21H22O5S. The lowest BCUT2D eigenvalue weighted by molar-refractivity contribution is 0.0526. The van der Waals surface area contributed by atoms with Crippen molar-refractivity contribution >= 4 is 26.8 Å². The third-order valence-electron chi connectivity index (χ3n) is 4.46. The lowest BCUT2D eigenvalue weighted by Gasteiger charge is -2.06. The van der Waals surface area contributed by atoms with E-state index in [2.05, 4.69) is 0 Å². The number of ether oxygens (including phenoxy) is 1. The molecule has 3 rings (SSSR count). The Hall–Kier alpha value is -2.60. The Morgan fingerprint density at radius 3 is 2.33 bits per heavy atom. The first-order valence-electron chi connectivity index (χ1n) is 8.86. The fourth-order valence-electron chi connectivity index (χ4n) is 3.05. The molecule has 0 aliphatic rings. The molecule has 5 nitrogen and oxygen atoms in total. The highest BCUT2D eigenvalue weighted by atomic mass is 32.2. The Balaban J connectivity index is 1.96. The van der Waals surface area contributed by atoms with E-state index in [1.807, 2.05) is 19.1 Å². The molecule has 6 heteroatoms. The summed E-state index contributed by atoms with van der Waals surface area (Å²) < 4.78 is 36.2. The van der Waals surface area contributed by atoms with Gasteiger partial charge >= 0.3 is 5.97 Å². The van der Waals surface area contributed by atoms with Gasteiger partial charge in [0.2, 0.25) is 0 Å². The molecule has 0 fully saturated rings. The summed E-state index contributed by atoms with van der Waals surface area (Å²) in [5.41, 5.74) is 2.55. The molecule has 0 amide bonds. The minimum atomic E-state index is -3.49. The molecular weight excluding hydrogens is 364 g/mol. The molecule has 0 saturated carbocycles. The molecule has 2 aromatic carbocycles. The molecule has 0 saturated heterocycles. The number of carbonyl (C=O) groups excluding carboxylic acids is 1. The molecule has 0 atom stereocenters. The molecule has 1 aromatic heterocycles. The predicted octanol–water partition coefficient (Wildman–Crippen LogP) is 4.45. The summed E-state index contributed by atoms with van der Waals surface area (Å²) in [5.74, 6) is -0.163. The van der Waals surface area contributed by atoms with Crippen LogP contribution in [0, 0.1) is 6.92 Å². The van der Waals surface area contributed by atoms with Crippen molar-refractivity contribution in [3.8, 4) is 0 Å². The van der Waals surface area contributed by atoms with Gasteiger partial charge in [-0.05, 0) is 55.7 Å². The zero-order valence-electron chi connectivity index (χ0n) is 15.6. The topological polar surface area (TPSA) is 73.6 Å². The van der Waals surface area contributed by atoms with Gasteiger partial charge in [-0.25, -0.2) is 13.2 Å². The van der Waals surface area contributed by atoms with Crippen LogP contribution in [-0.4, -0.2) is 21.0 Å². The number of aryl methyl sites for hydroxylation is 2. The summed E-state index contributed by atoms with van der Waals surface area (Å²) in [6.07, 6.45) is 0.855. The van der Waals surface area contributed by atoms with Gasteiger partial charge in [0.15, 0.2) is 9.84 Å². The van der Waals surface area contributed by atoms with E-state index in [9.17, 15) is 13.2 Å². The van der Waals surface area contributed by atoms with E-state index < -0.39 is 15.8 Å². The minimum absolute atomic E-state index is 0.152. The molecule has 142 valence electrons. The van der Waals surface area contributed by atoms with Crippen molar-refractivity contribution in [1.82, 2.24) is 0 Å². The standard InChI is InChI=1S/C21H22O5S/c1-4-15-6-9-17(10-7-15)27(23,24)13-16-8-11-19-18(12-16)20(14(3)26-19)21(22)25-5-2/h6-12H,4-5,13H2,1-3H3. The zero-order chi connectivity index (χ0) is 19.6. The van der Waals surface area contributed by atoms with Crippen LogP contribution in [0.4, 0.5) is 0 Å². The smallest absolute Gasteiger partial charge is 0.342 e. The number of esters is 1. The Kier molecular flexibility index (Phi) is 5.37. The van der Waals surface area contributed by atoms with E-state index >= 15 is 0 Å². The number of hydrogen-bond donors (Lipinski definition) is 0. The second kappa shape index (κ2) is 7.56. The van der Waals surface area contributed by atoms with Crippen molar-refractivity contribution in [3.05, 3.63) is 64.9 Å². The van der Waals surface area contributed by atoms with E-state index in [1.165, 1.54) is 0 Å². The van der Waals surface area contributed by atoms with Crippen LogP contribution in [0.1, 0.15) is 41.1 Å². The fraction of sp³-hybridized carbons (Fsp3) is 0.286. The van der Waals surface area contributed by atoms with Crippen molar-refractivity contribution in [2.75, 3.05) is 6.61 Å². The fourth-order valence-corrected chi connectivity index (χ4v) is 4.38. The van der Waals surface area contributed by atoms with Gasteiger partial charge in [-0.3, -0.25) is 0 Å². The van der Waals surface area contributed by atoms with Crippen molar-refractivity contribution in [3.63, 3.8) is 0 Å². The number of sulfone groups is 1. The van der Waals surface area contributed by atoms with Gasteiger partial charge in [0.25, 0.3) is 0 Å². The third-order valence-corrected chi connectivity index (χ3v) is 6.16. The average molecular weight is 386 g/mol. The van der Waals surface area contributed by atoms with Crippen molar-refractivity contribution in [2.45, 2.75) is 37.8 Å². The van der Waals surface area contributed by atoms with Crippen LogP contribution in [-0.2, 0) is 26.7 Å². The quantitative estimate of drug-likeness (QED) is 0.585. The number of carbonyl (C=O) groups is 1. The lowest BCUT2D eigenvalue weighted by Crippen LogP contribution is -2.06. The van der Waals surface area contributed by atoms with Gasteiger partial charge in [-0.15, -0.1) is 0 Å². The lowest BCUT2D eigenvalue weighted by atomic mass is 10.1. The summed E-state index contributed by atoms with van der Waals surface area (Å²) >= 11 is 0. The number of benzene rings is 2. The van der Waals surface area contributed by atoms with Crippen LogP contribution in [0.25, 0.3) is 11.0 Å². The summed E-state index contributed by atoms with van der Waals surface area (Å²) in [5, 5.41) is 0.569. The van der Waals surface area contributed by atoms with Crippen LogP contribution < -0.4 is 0 Å². The van der Waals surface area contributed by atoms with Crippen LogP contribution in [0.15, 0.2) is 51.8 Å². The average Bonchev–Trinajstić information content (AvgIpc) is 2.96. The maximum atomic E-state index is 12.7. The van der Waals surface area contributed by atoms with E-state index in [-0.39, 0.29) is 17.3 Å². The van der Waals surface area contributed by atoms with Crippen molar-refractivity contribution in [1.29, 1.82) is 0 Å². The van der Waals surface area contributed by atoms with Crippen LogP contribution >= 0.6 is 0 Å². The molecule has 0 N–H and O–H groups in total. The molecule has 3 aromatic rings. The minimum Gasteiger partial charge on any atom is -0.462 e. The normalized spacial score (nSPS) is 11.7. The molecule has 0 bridgehead atoms. The number of hydrogen-bond acceptors (Lipinski definition) is 5. The summed E-state index contributed by atoms with van der Waals surface area (Å²) in [6, 6.07) is 12.0. The largest absolute Gasteiger partial charge is 0.462 e. The number of fused-ring (bicyclic) bond motifs is 1. The summed E-state index contributed by atoms with van der Waals surface area (Å²) in [4.78, 5) is 12.5. The van der Waals surface area contributed by atoms with Crippen molar-refractivity contribution < 1.29 is 22.4 Å². The highest BCUT2D eigenvalue weighted by molar-refractivity contribution is 7.90. The molecule has 1 heterocycles. The monoisotopic (exact) mass is 386 g/mol. The first kappa shape index (κ1) is 19.2. The Labute approximate surface area is 158 Å². The SMILES string of the molecule is CCOC(=O)c1c(C)oc2ccc(CS(=O)(=O)c3ccc(CC)cc3)cc12. The van der Waals surface area contributed by atoms with E-state index in [1.54, 1.807) is 44.2 Å². The van der Waals surface area contributed by atoms with E-state index in [4.69, 9.17) is 9.15 Å². The number of furan rings is 1. The zero-order valence-corrected chi connectivity index (χ0v) is 16.4. The Morgan fingerprint density at radius 2 is 1.70 bits per heavy atom.